The van der Waals surface area contributed by atoms with Crippen molar-refractivity contribution in [2.24, 2.45) is 0 Å². The summed E-state index contributed by atoms with van der Waals surface area (Å²) >= 11 is 0. The van der Waals surface area contributed by atoms with Crippen molar-refractivity contribution < 1.29 is 0 Å². The van der Waals surface area contributed by atoms with E-state index in [2.05, 4.69) is 125 Å². The van der Waals surface area contributed by atoms with E-state index in [0.29, 0.717) is 0 Å². The summed E-state index contributed by atoms with van der Waals surface area (Å²) < 4.78 is 2.49. The summed E-state index contributed by atoms with van der Waals surface area (Å²) in [6.45, 7) is 4.44. The van der Waals surface area contributed by atoms with Crippen molar-refractivity contribution >= 4 is 38.8 Å². The molecule has 0 unspecified atom stereocenters. The molecule has 1 aliphatic carbocycles. The number of rotatable bonds is 1. The van der Waals surface area contributed by atoms with Crippen LogP contribution in [0, 0.1) is 0 Å². The van der Waals surface area contributed by atoms with Crippen molar-refractivity contribution in [1.82, 2.24) is 4.57 Å². The van der Waals surface area contributed by atoms with E-state index < -0.39 is 0 Å². The van der Waals surface area contributed by atoms with E-state index in [0.717, 1.165) is 24.2 Å². The van der Waals surface area contributed by atoms with Crippen molar-refractivity contribution in [3.8, 4) is 0 Å². The van der Waals surface area contributed by atoms with Crippen LogP contribution in [-0.2, 0) is 0 Å². The van der Waals surface area contributed by atoms with Gasteiger partial charge in [0.15, 0.2) is 0 Å². The minimum atomic E-state index is 0.865. The fourth-order valence-corrected chi connectivity index (χ4v) is 5.72. The normalized spacial score (nSPS) is 19.6. The molecule has 3 aromatic carbocycles. The van der Waals surface area contributed by atoms with Gasteiger partial charge < -0.3 is 9.47 Å². The molecule has 2 aliphatic heterocycles. The van der Waals surface area contributed by atoms with E-state index in [9.17, 15) is 0 Å². The van der Waals surface area contributed by atoms with Gasteiger partial charge in [0.2, 0.25) is 0 Å². The Balaban J connectivity index is 1.56. The summed E-state index contributed by atoms with van der Waals surface area (Å²) in [7, 11) is 0. The van der Waals surface area contributed by atoms with E-state index in [4.69, 9.17) is 0 Å². The van der Waals surface area contributed by atoms with E-state index in [1.54, 1.807) is 0 Å². The number of allylic oxidation sites excluding steroid dienone is 9. The van der Waals surface area contributed by atoms with Crippen molar-refractivity contribution in [1.29, 1.82) is 0 Å². The zero-order valence-electron chi connectivity index (χ0n) is 18.9. The van der Waals surface area contributed by atoms with Gasteiger partial charge in [0.05, 0.1) is 11.0 Å². The highest BCUT2D eigenvalue weighted by molar-refractivity contribution is 6.14. The minimum Gasteiger partial charge on any atom is -0.315 e. The first-order chi connectivity index (χ1) is 16.8. The summed E-state index contributed by atoms with van der Waals surface area (Å²) in [5.41, 5.74) is 11.3. The van der Waals surface area contributed by atoms with Crippen LogP contribution >= 0.6 is 0 Å². The summed E-state index contributed by atoms with van der Waals surface area (Å²) in [4.78, 5) is 2.29. The Morgan fingerprint density at radius 3 is 2.41 bits per heavy atom. The van der Waals surface area contributed by atoms with Crippen LogP contribution in [0.1, 0.15) is 18.4 Å². The number of benzene rings is 3. The van der Waals surface area contributed by atoms with Crippen LogP contribution in [0.4, 0.5) is 5.69 Å². The molecule has 7 rings (SSSR count). The molecule has 162 valence electrons. The van der Waals surface area contributed by atoms with Gasteiger partial charge in [-0.1, -0.05) is 79.4 Å². The summed E-state index contributed by atoms with van der Waals surface area (Å²) in [5.74, 6) is 0. The lowest BCUT2D eigenvalue weighted by atomic mass is 9.93. The molecule has 34 heavy (non-hydrogen) atoms. The molecule has 0 amide bonds. The van der Waals surface area contributed by atoms with Gasteiger partial charge in [-0.05, 0) is 54.0 Å². The number of hydrogen-bond donors (Lipinski definition) is 0. The Hall–Kier alpha value is -4.30. The highest BCUT2D eigenvalue weighted by Gasteiger charge is 2.26. The maximum atomic E-state index is 4.44. The van der Waals surface area contributed by atoms with Crippen molar-refractivity contribution in [3.63, 3.8) is 0 Å². The average Bonchev–Trinajstić information content (AvgIpc) is 2.98. The fraction of sp³-hybridized carbons (Fsp3) is 0.0625. The molecule has 0 fully saturated rings. The largest absolute Gasteiger partial charge is 0.315 e. The van der Waals surface area contributed by atoms with Gasteiger partial charge in [0.25, 0.3) is 0 Å². The molecule has 0 saturated heterocycles. The highest BCUT2D eigenvalue weighted by Crippen LogP contribution is 2.45. The van der Waals surface area contributed by atoms with Crippen LogP contribution in [0.3, 0.4) is 0 Å². The average molecular weight is 437 g/mol. The molecule has 1 aromatic heterocycles. The minimum absolute atomic E-state index is 0.865. The maximum absolute atomic E-state index is 4.44. The van der Waals surface area contributed by atoms with Crippen LogP contribution in [0.25, 0.3) is 33.1 Å². The van der Waals surface area contributed by atoms with Crippen LogP contribution in [-0.4, -0.2) is 4.57 Å². The Bertz CT molecular complexity index is 1650. The molecule has 3 heterocycles. The lowest BCUT2D eigenvalue weighted by Gasteiger charge is -2.29. The molecule has 0 atom stereocenters. The predicted molar refractivity (Wildman–Crippen MR) is 144 cm³/mol. The second kappa shape index (κ2) is 7.36. The number of para-hydroxylation sites is 3. The molecule has 0 N–H and O–H groups in total. The Morgan fingerprint density at radius 1 is 0.706 bits per heavy atom. The van der Waals surface area contributed by atoms with E-state index in [1.165, 1.54) is 49.9 Å². The fourth-order valence-electron chi connectivity index (χ4n) is 5.72. The van der Waals surface area contributed by atoms with Crippen LogP contribution in [0.2, 0.25) is 0 Å². The molecular weight excluding hydrogens is 412 g/mol. The quantitative estimate of drug-likeness (QED) is 0.292. The van der Waals surface area contributed by atoms with Gasteiger partial charge in [0.1, 0.15) is 0 Å². The molecule has 3 aliphatic rings. The molecule has 4 aromatic rings. The van der Waals surface area contributed by atoms with Crippen LogP contribution in [0.15, 0.2) is 133 Å². The van der Waals surface area contributed by atoms with Crippen molar-refractivity contribution in [2.75, 3.05) is 4.90 Å². The van der Waals surface area contributed by atoms with Crippen molar-refractivity contribution in [2.45, 2.75) is 12.8 Å². The van der Waals surface area contributed by atoms with Crippen LogP contribution in [0.5, 0.6) is 0 Å². The topological polar surface area (TPSA) is 8.17 Å². The number of aromatic nitrogens is 1. The smallest absolute Gasteiger partial charge is 0.0616 e. The first-order valence-corrected chi connectivity index (χ1v) is 11.8. The summed E-state index contributed by atoms with van der Waals surface area (Å²) in [5, 5.41) is 2.62. The number of hydrogen-bond acceptors (Lipinski definition) is 1. The third-order valence-electron chi connectivity index (χ3n) is 7.16. The Labute approximate surface area is 199 Å². The van der Waals surface area contributed by atoms with E-state index >= 15 is 0 Å². The molecule has 2 heteroatoms. The van der Waals surface area contributed by atoms with Gasteiger partial charge in [-0.2, -0.15) is 0 Å². The first-order valence-electron chi connectivity index (χ1n) is 11.8. The zero-order chi connectivity index (χ0) is 22.6. The molecule has 3 bridgehead atoms. The highest BCUT2D eigenvalue weighted by atomic mass is 15.2. The summed E-state index contributed by atoms with van der Waals surface area (Å²) in [6, 6.07) is 26.1. The van der Waals surface area contributed by atoms with Crippen molar-refractivity contribution in [3.05, 3.63) is 138 Å². The molecule has 0 saturated carbocycles. The molecule has 0 radical (unpaired) electrons. The Kier molecular flexibility index (Phi) is 4.16. The number of fused-ring (bicyclic) bond motifs is 7. The molecule has 0 spiro atoms. The first kappa shape index (κ1) is 19.2. The third kappa shape index (κ3) is 2.75. The second-order valence-corrected chi connectivity index (χ2v) is 9.13. The zero-order valence-corrected chi connectivity index (χ0v) is 18.9. The van der Waals surface area contributed by atoms with Gasteiger partial charge in [-0.25, -0.2) is 0 Å². The van der Waals surface area contributed by atoms with Crippen LogP contribution < -0.4 is 4.90 Å². The number of nitrogens with zero attached hydrogens (tertiary/aromatic N) is 2. The standard InChI is InChI=1S/C32H24N2/c1-22-10-7-11-23-20-24-21-26(33(22)25-12-3-2-4-13-25)14-8-19-30(24)34-31-18-6-5-15-28(31)29-17-9-16-27(23)32(29)34/h2-19H,1,20-21H2/b10-7-,23-11+. The van der Waals surface area contributed by atoms with Gasteiger partial charge in [-0.3, -0.25) is 0 Å². The third-order valence-corrected chi connectivity index (χ3v) is 7.16. The van der Waals surface area contributed by atoms with Gasteiger partial charge in [-0.15, -0.1) is 0 Å². The second-order valence-electron chi connectivity index (χ2n) is 9.13. The monoisotopic (exact) mass is 436 g/mol. The molecule has 2 nitrogen and oxygen atoms in total. The lowest BCUT2D eigenvalue weighted by molar-refractivity contribution is 0.972. The summed E-state index contributed by atoms with van der Waals surface area (Å²) in [6.07, 6.45) is 15.1. The van der Waals surface area contributed by atoms with Gasteiger partial charge >= 0.3 is 0 Å². The molecular formula is C32H24N2. The number of anilines is 1. The SMILES string of the molecule is C=C1/C=C\C=C2/CC3=C(C=CC=C(C3)N1c1ccccc1)n1c3ccccc3c3cccc2c31. The van der Waals surface area contributed by atoms with E-state index in [-0.39, 0.29) is 0 Å². The van der Waals surface area contributed by atoms with E-state index in [1.807, 2.05) is 0 Å². The Morgan fingerprint density at radius 2 is 1.50 bits per heavy atom. The lowest BCUT2D eigenvalue weighted by Crippen LogP contribution is -2.21. The van der Waals surface area contributed by atoms with Gasteiger partial charge in [0, 0.05) is 45.5 Å². The predicted octanol–water partition coefficient (Wildman–Crippen LogP) is 8.23. The maximum Gasteiger partial charge on any atom is 0.0616 e.